The normalized spacial score (nSPS) is 11.4. The van der Waals surface area contributed by atoms with Gasteiger partial charge < -0.3 is 4.57 Å². The first kappa shape index (κ1) is 15.3. The summed E-state index contributed by atoms with van der Waals surface area (Å²) in [5, 5.41) is 0. The third-order valence-corrected chi connectivity index (χ3v) is 3.96. The van der Waals surface area contributed by atoms with E-state index in [1.54, 1.807) is 6.20 Å². The lowest BCUT2D eigenvalue weighted by Crippen LogP contribution is -2.03. The number of aryl methyl sites for hydroxylation is 2. The Morgan fingerprint density at radius 3 is 2.61 bits per heavy atom. The molecule has 0 atom stereocenters. The van der Waals surface area contributed by atoms with Gasteiger partial charge in [0.05, 0.1) is 23.6 Å². The topological polar surface area (TPSA) is 43.6 Å². The van der Waals surface area contributed by atoms with Crippen molar-refractivity contribution in [3.05, 3.63) is 59.7 Å². The SMILES string of the molecule is C=C(c1cc2c(cn1)nc(C)n2C(C)C)c1cc(F)cnc1C. The second-order valence-corrected chi connectivity index (χ2v) is 5.95. The number of halogens is 1. The van der Waals surface area contributed by atoms with Crippen LogP contribution in [-0.2, 0) is 0 Å². The molecule has 3 heterocycles. The zero-order valence-corrected chi connectivity index (χ0v) is 13.8. The minimum atomic E-state index is -0.379. The Kier molecular flexibility index (Phi) is 3.72. The maximum Gasteiger partial charge on any atom is 0.142 e. The van der Waals surface area contributed by atoms with Gasteiger partial charge >= 0.3 is 0 Å². The van der Waals surface area contributed by atoms with Gasteiger partial charge in [0.25, 0.3) is 0 Å². The van der Waals surface area contributed by atoms with Gasteiger partial charge in [-0.25, -0.2) is 9.37 Å². The Hall–Kier alpha value is -2.56. The van der Waals surface area contributed by atoms with Crippen LogP contribution < -0.4 is 0 Å². The molecule has 0 fully saturated rings. The summed E-state index contributed by atoms with van der Waals surface area (Å²) in [4.78, 5) is 13.0. The lowest BCUT2D eigenvalue weighted by atomic mass is 10.0. The Labute approximate surface area is 134 Å². The van der Waals surface area contributed by atoms with Crippen molar-refractivity contribution in [3.8, 4) is 0 Å². The van der Waals surface area contributed by atoms with Crippen LogP contribution in [0.4, 0.5) is 4.39 Å². The number of pyridine rings is 2. The van der Waals surface area contributed by atoms with Crippen molar-refractivity contribution < 1.29 is 4.39 Å². The number of nitrogens with zero attached hydrogens (tertiary/aromatic N) is 4. The van der Waals surface area contributed by atoms with Gasteiger partial charge in [-0.05, 0) is 39.8 Å². The first-order valence-corrected chi connectivity index (χ1v) is 7.55. The van der Waals surface area contributed by atoms with Gasteiger partial charge in [-0.3, -0.25) is 9.97 Å². The van der Waals surface area contributed by atoms with E-state index in [1.807, 2.05) is 19.9 Å². The average molecular weight is 310 g/mol. The number of hydrogen-bond donors (Lipinski definition) is 0. The first-order valence-electron chi connectivity index (χ1n) is 7.55. The molecule has 3 aromatic heterocycles. The summed E-state index contributed by atoms with van der Waals surface area (Å²) in [5.74, 6) is 0.569. The van der Waals surface area contributed by atoms with Gasteiger partial charge in [-0.2, -0.15) is 0 Å². The molecule has 0 radical (unpaired) electrons. The van der Waals surface area contributed by atoms with Gasteiger partial charge in [-0.15, -0.1) is 0 Å². The van der Waals surface area contributed by atoms with E-state index in [4.69, 9.17) is 0 Å². The summed E-state index contributed by atoms with van der Waals surface area (Å²) in [7, 11) is 0. The highest BCUT2D eigenvalue weighted by atomic mass is 19.1. The predicted molar refractivity (Wildman–Crippen MR) is 89.7 cm³/mol. The number of rotatable bonds is 3. The Balaban J connectivity index is 2.15. The highest BCUT2D eigenvalue weighted by molar-refractivity contribution is 5.84. The summed E-state index contributed by atoms with van der Waals surface area (Å²) in [6, 6.07) is 3.70. The molecule has 0 N–H and O–H groups in total. The summed E-state index contributed by atoms with van der Waals surface area (Å²) < 4.78 is 15.7. The predicted octanol–water partition coefficient (Wildman–Crippen LogP) is 4.22. The molecule has 0 saturated carbocycles. The van der Waals surface area contributed by atoms with Crippen molar-refractivity contribution >= 4 is 16.6 Å². The zero-order valence-electron chi connectivity index (χ0n) is 13.8. The molecule has 23 heavy (non-hydrogen) atoms. The van der Waals surface area contributed by atoms with Crippen LogP contribution in [0.5, 0.6) is 0 Å². The third-order valence-electron chi connectivity index (χ3n) is 3.96. The first-order chi connectivity index (χ1) is 10.9. The van der Waals surface area contributed by atoms with E-state index in [2.05, 4.69) is 39.9 Å². The monoisotopic (exact) mass is 310 g/mol. The van der Waals surface area contributed by atoms with E-state index in [-0.39, 0.29) is 5.82 Å². The van der Waals surface area contributed by atoms with Gasteiger partial charge in [0.2, 0.25) is 0 Å². The average Bonchev–Trinajstić information content (AvgIpc) is 2.83. The van der Waals surface area contributed by atoms with E-state index in [0.29, 0.717) is 22.9 Å². The van der Waals surface area contributed by atoms with Crippen molar-refractivity contribution in [1.82, 2.24) is 19.5 Å². The van der Waals surface area contributed by atoms with E-state index < -0.39 is 0 Å². The maximum absolute atomic E-state index is 13.5. The zero-order chi connectivity index (χ0) is 16.7. The molecule has 0 aliphatic heterocycles. The van der Waals surface area contributed by atoms with Gasteiger partial charge in [0.1, 0.15) is 17.2 Å². The third kappa shape index (κ3) is 2.63. The minimum absolute atomic E-state index is 0.293. The fraction of sp³-hybridized carbons (Fsp3) is 0.278. The molecule has 0 saturated heterocycles. The molecule has 4 nitrogen and oxygen atoms in total. The molecule has 0 aromatic carbocycles. The van der Waals surface area contributed by atoms with Crippen LogP contribution in [0.2, 0.25) is 0 Å². The van der Waals surface area contributed by atoms with E-state index >= 15 is 0 Å². The maximum atomic E-state index is 13.5. The van der Waals surface area contributed by atoms with Crippen LogP contribution in [0.25, 0.3) is 16.6 Å². The quantitative estimate of drug-likeness (QED) is 0.727. The molecule has 5 heteroatoms. The smallest absolute Gasteiger partial charge is 0.142 e. The second-order valence-electron chi connectivity index (χ2n) is 5.95. The van der Waals surface area contributed by atoms with Crippen molar-refractivity contribution in [2.75, 3.05) is 0 Å². The largest absolute Gasteiger partial charge is 0.326 e. The van der Waals surface area contributed by atoms with Crippen LogP contribution in [0, 0.1) is 19.7 Å². The van der Waals surface area contributed by atoms with E-state index in [9.17, 15) is 4.39 Å². The van der Waals surface area contributed by atoms with Crippen molar-refractivity contribution in [2.45, 2.75) is 33.7 Å². The van der Waals surface area contributed by atoms with Crippen LogP contribution in [0.1, 0.15) is 42.7 Å². The molecular formula is C18H19FN4. The molecule has 0 spiro atoms. The molecule has 0 aliphatic carbocycles. The lowest BCUT2D eigenvalue weighted by molar-refractivity contribution is 0.600. The number of aromatic nitrogens is 4. The Morgan fingerprint density at radius 2 is 1.91 bits per heavy atom. The van der Waals surface area contributed by atoms with Gasteiger partial charge in [0, 0.05) is 22.9 Å². The van der Waals surface area contributed by atoms with Crippen LogP contribution in [-0.4, -0.2) is 19.5 Å². The highest BCUT2D eigenvalue weighted by Gasteiger charge is 2.14. The number of imidazole rings is 1. The van der Waals surface area contributed by atoms with Crippen molar-refractivity contribution in [1.29, 1.82) is 0 Å². The highest BCUT2D eigenvalue weighted by Crippen LogP contribution is 2.27. The van der Waals surface area contributed by atoms with E-state index in [0.717, 1.165) is 22.6 Å². The minimum Gasteiger partial charge on any atom is -0.326 e. The lowest BCUT2D eigenvalue weighted by Gasteiger charge is -2.12. The Morgan fingerprint density at radius 1 is 1.17 bits per heavy atom. The fourth-order valence-corrected chi connectivity index (χ4v) is 2.89. The molecule has 3 rings (SSSR count). The molecule has 3 aromatic rings. The second kappa shape index (κ2) is 5.57. The van der Waals surface area contributed by atoms with Crippen LogP contribution >= 0.6 is 0 Å². The molecule has 0 amide bonds. The van der Waals surface area contributed by atoms with Crippen LogP contribution in [0.3, 0.4) is 0 Å². The Bertz CT molecular complexity index is 909. The molecule has 0 aliphatic rings. The summed E-state index contributed by atoms with van der Waals surface area (Å²) in [5.41, 5.74) is 4.61. The summed E-state index contributed by atoms with van der Waals surface area (Å²) in [6.45, 7) is 12.1. The molecule has 118 valence electrons. The summed E-state index contributed by atoms with van der Waals surface area (Å²) in [6.07, 6.45) is 2.95. The number of hydrogen-bond acceptors (Lipinski definition) is 3. The standard InChI is InChI=1S/C18H19FN4/c1-10(2)23-13(5)22-17-9-21-16(7-18(17)23)11(3)15-6-14(19)8-20-12(15)4/h6-10H,3H2,1-2,4-5H3. The van der Waals surface area contributed by atoms with Crippen molar-refractivity contribution in [3.63, 3.8) is 0 Å². The fourth-order valence-electron chi connectivity index (χ4n) is 2.89. The number of fused-ring (bicyclic) bond motifs is 1. The molecule has 0 unspecified atom stereocenters. The van der Waals surface area contributed by atoms with Gasteiger partial charge in [-0.1, -0.05) is 6.58 Å². The summed E-state index contributed by atoms with van der Waals surface area (Å²) >= 11 is 0. The molecule has 0 bridgehead atoms. The van der Waals surface area contributed by atoms with E-state index in [1.165, 1.54) is 12.3 Å². The van der Waals surface area contributed by atoms with Crippen molar-refractivity contribution in [2.24, 2.45) is 0 Å². The van der Waals surface area contributed by atoms with Gasteiger partial charge in [0.15, 0.2) is 0 Å². The molecular weight excluding hydrogens is 291 g/mol. The van der Waals surface area contributed by atoms with Crippen LogP contribution in [0.15, 0.2) is 31.1 Å².